The number of amides is 1. The van der Waals surface area contributed by atoms with E-state index in [1.165, 1.54) is 12.1 Å². The maximum Gasteiger partial charge on any atom is 0.358 e. The molecule has 1 N–H and O–H groups in total. The first-order valence-corrected chi connectivity index (χ1v) is 8.73. The van der Waals surface area contributed by atoms with E-state index < -0.39 is 5.97 Å². The molecule has 0 unspecified atom stereocenters. The quantitative estimate of drug-likeness (QED) is 0.483. The van der Waals surface area contributed by atoms with Crippen LogP contribution in [0.3, 0.4) is 0 Å². The van der Waals surface area contributed by atoms with Crippen LogP contribution < -0.4 is 5.32 Å². The molecule has 0 aliphatic rings. The Balaban J connectivity index is 1.60. The number of rotatable bonds is 5. The van der Waals surface area contributed by atoms with E-state index in [4.69, 9.17) is 27.9 Å². The van der Waals surface area contributed by atoms with Crippen LogP contribution in [0.5, 0.6) is 0 Å². The van der Waals surface area contributed by atoms with Gasteiger partial charge in [-0.3, -0.25) is 4.79 Å². The second-order valence-electron chi connectivity index (χ2n) is 5.56. The van der Waals surface area contributed by atoms with Gasteiger partial charge in [0.2, 0.25) is 0 Å². The molecule has 1 heterocycles. The third-order valence-corrected chi connectivity index (χ3v) is 4.14. The first-order valence-electron chi connectivity index (χ1n) is 7.97. The highest BCUT2D eigenvalue weighted by atomic mass is 35.5. The van der Waals surface area contributed by atoms with Crippen molar-refractivity contribution in [2.45, 2.75) is 6.61 Å². The standard InChI is InChI=1S/C20H14Cl2N2O3/c21-16-10-11-17(22)24-18(16)20(26)27-12-13-6-8-14(9-7-13)19(25)23-15-4-2-1-3-5-15/h1-11H,12H2,(H,23,25). The Morgan fingerprint density at radius 2 is 1.63 bits per heavy atom. The van der Waals surface area contributed by atoms with Crippen molar-refractivity contribution in [1.29, 1.82) is 0 Å². The third-order valence-electron chi connectivity index (χ3n) is 3.62. The van der Waals surface area contributed by atoms with E-state index >= 15 is 0 Å². The highest BCUT2D eigenvalue weighted by molar-refractivity contribution is 6.34. The van der Waals surface area contributed by atoms with Gasteiger partial charge in [-0.25, -0.2) is 9.78 Å². The van der Waals surface area contributed by atoms with E-state index in [0.717, 1.165) is 5.56 Å². The Morgan fingerprint density at radius 1 is 0.926 bits per heavy atom. The summed E-state index contributed by atoms with van der Waals surface area (Å²) in [6, 6.07) is 18.9. The second kappa shape index (κ2) is 8.66. The molecule has 0 fully saturated rings. The van der Waals surface area contributed by atoms with Gasteiger partial charge in [-0.15, -0.1) is 0 Å². The third kappa shape index (κ3) is 5.06. The number of nitrogens with one attached hydrogen (secondary N) is 1. The zero-order valence-corrected chi connectivity index (χ0v) is 15.5. The smallest absolute Gasteiger partial charge is 0.358 e. The van der Waals surface area contributed by atoms with Crippen molar-refractivity contribution in [2.75, 3.05) is 5.32 Å². The predicted octanol–water partition coefficient (Wildman–Crippen LogP) is 5.00. The van der Waals surface area contributed by atoms with Crippen molar-refractivity contribution < 1.29 is 14.3 Å². The molecular weight excluding hydrogens is 387 g/mol. The first kappa shape index (κ1) is 18.9. The molecule has 0 aliphatic carbocycles. The maximum absolute atomic E-state index is 12.2. The van der Waals surface area contributed by atoms with Gasteiger partial charge in [-0.1, -0.05) is 53.5 Å². The van der Waals surface area contributed by atoms with Gasteiger partial charge in [0.05, 0.1) is 5.02 Å². The van der Waals surface area contributed by atoms with Gasteiger partial charge in [-0.2, -0.15) is 0 Å². The molecule has 0 bridgehead atoms. The zero-order valence-electron chi connectivity index (χ0n) is 14.0. The number of ether oxygens (including phenoxy) is 1. The number of esters is 1. The summed E-state index contributed by atoms with van der Waals surface area (Å²) in [5.41, 5.74) is 1.89. The fourth-order valence-electron chi connectivity index (χ4n) is 2.26. The lowest BCUT2D eigenvalue weighted by molar-refractivity contribution is 0.0465. The van der Waals surface area contributed by atoms with Crippen LogP contribution in [0.2, 0.25) is 10.2 Å². The van der Waals surface area contributed by atoms with Gasteiger partial charge in [0, 0.05) is 11.3 Å². The Morgan fingerprint density at radius 3 is 2.33 bits per heavy atom. The van der Waals surface area contributed by atoms with E-state index in [-0.39, 0.29) is 28.4 Å². The molecule has 3 rings (SSSR count). The molecule has 1 amide bonds. The number of nitrogens with zero attached hydrogens (tertiary/aromatic N) is 1. The van der Waals surface area contributed by atoms with Crippen molar-refractivity contribution in [3.63, 3.8) is 0 Å². The van der Waals surface area contributed by atoms with Crippen molar-refractivity contribution in [2.24, 2.45) is 0 Å². The molecule has 0 radical (unpaired) electrons. The number of aromatic nitrogens is 1. The number of para-hydroxylation sites is 1. The normalized spacial score (nSPS) is 10.3. The lowest BCUT2D eigenvalue weighted by Gasteiger charge is -2.08. The fourth-order valence-corrected chi connectivity index (χ4v) is 2.59. The average molecular weight is 401 g/mol. The zero-order chi connectivity index (χ0) is 19.2. The van der Waals surface area contributed by atoms with Crippen LogP contribution in [0.25, 0.3) is 0 Å². The number of benzene rings is 2. The molecule has 0 saturated heterocycles. The van der Waals surface area contributed by atoms with E-state index in [9.17, 15) is 9.59 Å². The summed E-state index contributed by atoms with van der Waals surface area (Å²) >= 11 is 11.7. The lowest BCUT2D eigenvalue weighted by Crippen LogP contribution is -2.12. The minimum absolute atomic E-state index is 0.0178. The highest BCUT2D eigenvalue weighted by Gasteiger charge is 2.15. The second-order valence-corrected chi connectivity index (χ2v) is 6.35. The number of carbonyl (C=O) groups excluding carboxylic acids is 2. The van der Waals surface area contributed by atoms with Crippen LogP contribution in [0.15, 0.2) is 66.7 Å². The number of carbonyl (C=O) groups is 2. The van der Waals surface area contributed by atoms with Crippen molar-refractivity contribution in [3.05, 3.63) is 93.7 Å². The molecule has 5 nitrogen and oxygen atoms in total. The fraction of sp³-hybridized carbons (Fsp3) is 0.0500. The number of halogens is 2. The summed E-state index contributed by atoms with van der Waals surface area (Å²) < 4.78 is 5.20. The molecule has 0 saturated carbocycles. The van der Waals surface area contributed by atoms with Crippen molar-refractivity contribution in [3.8, 4) is 0 Å². The highest BCUT2D eigenvalue weighted by Crippen LogP contribution is 2.18. The van der Waals surface area contributed by atoms with Gasteiger partial charge in [-0.05, 0) is 42.0 Å². The molecule has 1 aromatic heterocycles. The number of hydrogen-bond donors (Lipinski definition) is 1. The minimum atomic E-state index is -0.673. The first-order chi connectivity index (χ1) is 13.0. The number of hydrogen-bond acceptors (Lipinski definition) is 4. The van der Waals surface area contributed by atoms with Crippen LogP contribution in [-0.4, -0.2) is 16.9 Å². The molecule has 27 heavy (non-hydrogen) atoms. The summed E-state index contributed by atoms with van der Waals surface area (Å²) in [4.78, 5) is 28.2. The lowest BCUT2D eigenvalue weighted by atomic mass is 10.1. The maximum atomic E-state index is 12.2. The topological polar surface area (TPSA) is 68.3 Å². The van der Waals surface area contributed by atoms with Crippen LogP contribution in [0.4, 0.5) is 5.69 Å². The molecular formula is C20H14Cl2N2O3. The van der Waals surface area contributed by atoms with E-state index in [1.807, 2.05) is 18.2 Å². The van der Waals surface area contributed by atoms with Gasteiger partial charge >= 0.3 is 5.97 Å². The van der Waals surface area contributed by atoms with Crippen LogP contribution in [0, 0.1) is 0 Å². The van der Waals surface area contributed by atoms with E-state index in [1.54, 1.807) is 36.4 Å². The number of pyridine rings is 1. The summed E-state index contributed by atoms with van der Waals surface area (Å²) in [5, 5.41) is 3.12. The van der Waals surface area contributed by atoms with Gasteiger partial charge < -0.3 is 10.1 Å². The number of anilines is 1. The minimum Gasteiger partial charge on any atom is -0.456 e. The molecule has 0 spiro atoms. The molecule has 0 atom stereocenters. The molecule has 136 valence electrons. The summed E-state index contributed by atoms with van der Waals surface area (Å²) in [6.07, 6.45) is 0. The predicted molar refractivity (Wildman–Crippen MR) is 104 cm³/mol. The van der Waals surface area contributed by atoms with Crippen molar-refractivity contribution >= 4 is 40.8 Å². The monoisotopic (exact) mass is 400 g/mol. The molecule has 7 heteroatoms. The Labute approximate surface area is 165 Å². The summed E-state index contributed by atoms with van der Waals surface area (Å²) in [5.74, 6) is -0.895. The molecule has 0 aliphatic heterocycles. The molecule has 3 aromatic rings. The van der Waals surface area contributed by atoms with Crippen molar-refractivity contribution in [1.82, 2.24) is 4.98 Å². The van der Waals surface area contributed by atoms with Crippen LogP contribution >= 0.6 is 23.2 Å². The Kier molecular flexibility index (Phi) is 6.06. The SMILES string of the molecule is O=C(Nc1ccccc1)c1ccc(COC(=O)c2nc(Cl)ccc2Cl)cc1. The largest absolute Gasteiger partial charge is 0.456 e. The summed E-state index contributed by atoms with van der Waals surface area (Å²) in [7, 11) is 0. The average Bonchev–Trinajstić information content (AvgIpc) is 2.69. The van der Waals surface area contributed by atoms with Gasteiger partial charge in [0.25, 0.3) is 5.91 Å². The van der Waals surface area contributed by atoms with Crippen LogP contribution in [-0.2, 0) is 11.3 Å². The Bertz CT molecular complexity index is 961. The molecule has 2 aromatic carbocycles. The summed E-state index contributed by atoms with van der Waals surface area (Å²) in [6.45, 7) is 0.0178. The van der Waals surface area contributed by atoms with E-state index in [2.05, 4.69) is 10.3 Å². The van der Waals surface area contributed by atoms with Gasteiger partial charge in [0.15, 0.2) is 5.69 Å². The Hall–Kier alpha value is -2.89. The van der Waals surface area contributed by atoms with E-state index in [0.29, 0.717) is 11.3 Å². The van der Waals surface area contributed by atoms with Gasteiger partial charge in [0.1, 0.15) is 11.8 Å². The van der Waals surface area contributed by atoms with Crippen LogP contribution in [0.1, 0.15) is 26.4 Å².